The Balaban J connectivity index is 1.97. The molecule has 1 saturated heterocycles. The van der Waals surface area contributed by atoms with Crippen molar-refractivity contribution in [3.05, 3.63) is 28.7 Å². The molecule has 96 valence electrons. The molecule has 1 aromatic carbocycles. The van der Waals surface area contributed by atoms with Gasteiger partial charge in [-0.1, -0.05) is 0 Å². The number of aromatic nitrogens is 2. The summed E-state index contributed by atoms with van der Waals surface area (Å²) in [5.41, 5.74) is 1.47. The van der Waals surface area contributed by atoms with Gasteiger partial charge in [-0.2, -0.15) is 0 Å². The van der Waals surface area contributed by atoms with Crippen molar-refractivity contribution >= 4 is 11.0 Å². The SMILES string of the molecule is O=c1[nH]c2ccc(O)cc2n1CC1CCCNC1. The zero-order valence-electron chi connectivity index (χ0n) is 10.1. The molecular formula is C13H17N3O2. The highest BCUT2D eigenvalue weighted by atomic mass is 16.3. The van der Waals surface area contributed by atoms with E-state index in [1.54, 1.807) is 22.8 Å². The number of hydrogen-bond donors (Lipinski definition) is 3. The number of nitrogens with one attached hydrogen (secondary N) is 2. The predicted molar refractivity (Wildman–Crippen MR) is 69.8 cm³/mol. The second-order valence-electron chi connectivity index (χ2n) is 4.95. The van der Waals surface area contributed by atoms with Gasteiger partial charge in [0.25, 0.3) is 0 Å². The van der Waals surface area contributed by atoms with E-state index in [-0.39, 0.29) is 11.4 Å². The molecule has 1 aliphatic heterocycles. The van der Waals surface area contributed by atoms with E-state index in [4.69, 9.17) is 0 Å². The first kappa shape index (κ1) is 11.3. The molecule has 0 amide bonds. The van der Waals surface area contributed by atoms with Crippen LogP contribution in [0.1, 0.15) is 12.8 Å². The zero-order chi connectivity index (χ0) is 12.5. The third-order valence-electron chi connectivity index (χ3n) is 3.60. The summed E-state index contributed by atoms with van der Waals surface area (Å²) in [6.45, 7) is 2.73. The molecule has 2 heterocycles. The van der Waals surface area contributed by atoms with Gasteiger partial charge in [0.2, 0.25) is 0 Å². The first-order valence-corrected chi connectivity index (χ1v) is 6.36. The monoisotopic (exact) mass is 247 g/mol. The van der Waals surface area contributed by atoms with Crippen molar-refractivity contribution in [3.63, 3.8) is 0 Å². The topological polar surface area (TPSA) is 70.0 Å². The number of phenols is 1. The van der Waals surface area contributed by atoms with Crippen LogP contribution < -0.4 is 11.0 Å². The third-order valence-corrected chi connectivity index (χ3v) is 3.60. The Morgan fingerprint density at radius 1 is 1.44 bits per heavy atom. The Morgan fingerprint density at radius 3 is 3.11 bits per heavy atom. The molecule has 0 spiro atoms. The molecule has 1 atom stereocenters. The van der Waals surface area contributed by atoms with Crippen LogP contribution in [0.5, 0.6) is 5.75 Å². The molecule has 18 heavy (non-hydrogen) atoms. The fraction of sp³-hybridized carbons (Fsp3) is 0.462. The summed E-state index contributed by atoms with van der Waals surface area (Å²) >= 11 is 0. The van der Waals surface area contributed by atoms with Crippen LogP contribution in [0.15, 0.2) is 23.0 Å². The molecule has 5 heteroatoms. The molecule has 0 saturated carbocycles. The molecule has 0 bridgehead atoms. The molecule has 1 aliphatic rings. The number of piperidine rings is 1. The maximum absolute atomic E-state index is 11.9. The molecule has 2 aromatic rings. The van der Waals surface area contributed by atoms with Crippen LogP contribution in [-0.4, -0.2) is 27.7 Å². The summed E-state index contributed by atoms with van der Waals surface area (Å²) in [4.78, 5) is 14.7. The summed E-state index contributed by atoms with van der Waals surface area (Å²) in [6.07, 6.45) is 2.30. The second kappa shape index (κ2) is 4.49. The van der Waals surface area contributed by atoms with E-state index in [0.29, 0.717) is 12.5 Å². The number of rotatable bonds is 2. The van der Waals surface area contributed by atoms with Gasteiger partial charge >= 0.3 is 5.69 Å². The van der Waals surface area contributed by atoms with Gasteiger partial charge in [0.15, 0.2) is 0 Å². The van der Waals surface area contributed by atoms with Gasteiger partial charge in [-0.15, -0.1) is 0 Å². The lowest BCUT2D eigenvalue weighted by Crippen LogP contribution is -2.34. The van der Waals surface area contributed by atoms with Crippen molar-refractivity contribution in [1.29, 1.82) is 0 Å². The van der Waals surface area contributed by atoms with E-state index in [0.717, 1.165) is 37.0 Å². The quantitative estimate of drug-likeness (QED) is 0.742. The second-order valence-corrected chi connectivity index (χ2v) is 4.95. The molecular weight excluding hydrogens is 230 g/mol. The van der Waals surface area contributed by atoms with E-state index < -0.39 is 0 Å². The maximum atomic E-state index is 11.9. The predicted octanol–water partition coefficient (Wildman–Crippen LogP) is 1.03. The van der Waals surface area contributed by atoms with Crippen LogP contribution in [0.3, 0.4) is 0 Å². The molecule has 3 rings (SSSR count). The van der Waals surface area contributed by atoms with Crippen LogP contribution in [0.4, 0.5) is 0 Å². The molecule has 1 unspecified atom stereocenters. The Hall–Kier alpha value is -1.75. The van der Waals surface area contributed by atoms with Gasteiger partial charge in [-0.25, -0.2) is 4.79 Å². The number of imidazole rings is 1. The molecule has 1 fully saturated rings. The van der Waals surface area contributed by atoms with Crippen LogP contribution in [0, 0.1) is 5.92 Å². The summed E-state index contributed by atoms with van der Waals surface area (Å²) in [5, 5.41) is 12.9. The molecule has 0 radical (unpaired) electrons. The normalized spacial score (nSPS) is 20.3. The van der Waals surface area contributed by atoms with E-state index >= 15 is 0 Å². The molecule has 1 aromatic heterocycles. The van der Waals surface area contributed by atoms with E-state index in [1.807, 2.05) is 0 Å². The fourth-order valence-corrected chi connectivity index (χ4v) is 2.66. The highest BCUT2D eigenvalue weighted by Crippen LogP contribution is 2.19. The Labute approximate surface area is 104 Å². The van der Waals surface area contributed by atoms with E-state index in [9.17, 15) is 9.90 Å². The number of H-pyrrole nitrogens is 1. The van der Waals surface area contributed by atoms with Crippen LogP contribution in [-0.2, 0) is 6.54 Å². The minimum Gasteiger partial charge on any atom is -0.508 e. The molecule has 3 N–H and O–H groups in total. The van der Waals surface area contributed by atoms with Gasteiger partial charge in [0.05, 0.1) is 11.0 Å². The van der Waals surface area contributed by atoms with Crippen molar-refractivity contribution in [2.45, 2.75) is 19.4 Å². The Kier molecular flexibility index (Phi) is 2.83. The minimum absolute atomic E-state index is 0.0961. The smallest absolute Gasteiger partial charge is 0.326 e. The summed E-state index contributed by atoms with van der Waals surface area (Å²) < 4.78 is 1.73. The molecule has 0 aliphatic carbocycles. The lowest BCUT2D eigenvalue weighted by Gasteiger charge is -2.22. The fourth-order valence-electron chi connectivity index (χ4n) is 2.66. The summed E-state index contributed by atoms with van der Waals surface area (Å²) in [7, 11) is 0. The van der Waals surface area contributed by atoms with Gasteiger partial charge in [0.1, 0.15) is 5.75 Å². The van der Waals surface area contributed by atoms with E-state index in [1.165, 1.54) is 0 Å². The Bertz CT molecular complexity index is 608. The van der Waals surface area contributed by atoms with Crippen LogP contribution >= 0.6 is 0 Å². The largest absolute Gasteiger partial charge is 0.508 e. The average Bonchev–Trinajstić information content (AvgIpc) is 2.67. The highest BCUT2D eigenvalue weighted by Gasteiger charge is 2.16. The van der Waals surface area contributed by atoms with Crippen molar-refractivity contribution in [2.75, 3.05) is 13.1 Å². The van der Waals surface area contributed by atoms with E-state index in [2.05, 4.69) is 10.3 Å². The number of aromatic hydroxyl groups is 1. The van der Waals surface area contributed by atoms with Crippen molar-refractivity contribution in [2.24, 2.45) is 5.92 Å². The average molecular weight is 247 g/mol. The van der Waals surface area contributed by atoms with Gasteiger partial charge < -0.3 is 15.4 Å². The first-order chi connectivity index (χ1) is 8.74. The maximum Gasteiger partial charge on any atom is 0.326 e. The molecule has 5 nitrogen and oxygen atoms in total. The number of hydrogen-bond acceptors (Lipinski definition) is 3. The third kappa shape index (κ3) is 2.01. The van der Waals surface area contributed by atoms with Crippen molar-refractivity contribution in [3.8, 4) is 5.75 Å². The number of benzene rings is 1. The number of nitrogens with zero attached hydrogens (tertiary/aromatic N) is 1. The van der Waals surface area contributed by atoms with Gasteiger partial charge in [-0.05, 0) is 44.0 Å². The standard InChI is InChI=1S/C13H17N3O2/c17-10-3-4-11-12(6-10)16(13(18)15-11)8-9-2-1-5-14-7-9/h3-4,6,9,14,17H,1-2,5,7-8H2,(H,15,18). The lowest BCUT2D eigenvalue weighted by molar-refractivity contribution is 0.337. The summed E-state index contributed by atoms with van der Waals surface area (Å²) in [6, 6.07) is 4.97. The number of aromatic amines is 1. The van der Waals surface area contributed by atoms with Crippen LogP contribution in [0.2, 0.25) is 0 Å². The van der Waals surface area contributed by atoms with Crippen molar-refractivity contribution < 1.29 is 5.11 Å². The van der Waals surface area contributed by atoms with Gasteiger partial charge in [-0.3, -0.25) is 4.57 Å². The number of fused-ring (bicyclic) bond motifs is 1. The number of phenolic OH excluding ortho intramolecular Hbond substituents is 1. The van der Waals surface area contributed by atoms with Gasteiger partial charge in [0, 0.05) is 12.6 Å². The summed E-state index contributed by atoms with van der Waals surface area (Å²) in [5.74, 6) is 0.676. The zero-order valence-corrected chi connectivity index (χ0v) is 10.1. The first-order valence-electron chi connectivity index (χ1n) is 6.36. The van der Waals surface area contributed by atoms with Crippen LogP contribution in [0.25, 0.3) is 11.0 Å². The highest BCUT2D eigenvalue weighted by molar-refractivity contribution is 5.76. The minimum atomic E-state index is -0.0961. The lowest BCUT2D eigenvalue weighted by atomic mass is 10.00. The van der Waals surface area contributed by atoms with Crippen molar-refractivity contribution in [1.82, 2.24) is 14.9 Å². The Morgan fingerprint density at radius 2 is 2.33 bits per heavy atom.